The van der Waals surface area contributed by atoms with Gasteiger partial charge in [-0.3, -0.25) is 9.88 Å². The molecule has 0 radical (unpaired) electrons. The molecule has 4 aromatic rings. The van der Waals surface area contributed by atoms with E-state index >= 15 is 0 Å². The van der Waals surface area contributed by atoms with Crippen molar-refractivity contribution in [1.29, 1.82) is 5.26 Å². The van der Waals surface area contributed by atoms with Crippen molar-refractivity contribution >= 4 is 22.3 Å². The second-order valence-corrected chi connectivity index (χ2v) is 9.50. The number of aliphatic hydroxyl groups excluding tert-OH is 1. The molecule has 5 rings (SSSR count). The first-order chi connectivity index (χ1) is 17.0. The van der Waals surface area contributed by atoms with E-state index in [1.165, 1.54) is 16.7 Å². The SMILES string of the molecule is Cc1ccc(Nc2c(C#N)cnc3cc(-c4ccccc4CN4CCC(O)CC4)ccc23)c(C)c1. The van der Waals surface area contributed by atoms with Crippen molar-refractivity contribution in [3.05, 3.63) is 89.1 Å². The molecule has 2 N–H and O–H groups in total. The third-order valence-electron chi connectivity index (χ3n) is 6.91. The Labute approximate surface area is 206 Å². The minimum atomic E-state index is -0.169. The average molecular weight is 463 g/mol. The van der Waals surface area contributed by atoms with Gasteiger partial charge in [0.1, 0.15) is 6.07 Å². The van der Waals surface area contributed by atoms with Gasteiger partial charge >= 0.3 is 0 Å². The van der Waals surface area contributed by atoms with Gasteiger partial charge in [-0.25, -0.2) is 0 Å². The lowest BCUT2D eigenvalue weighted by molar-refractivity contribution is 0.0793. The van der Waals surface area contributed by atoms with Gasteiger partial charge in [-0.2, -0.15) is 5.26 Å². The van der Waals surface area contributed by atoms with Crippen LogP contribution in [0.1, 0.15) is 35.1 Å². The summed E-state index contributed by atoms with van der Waals surface area (Å²) in [4.78, 5) is 7.04. The lowest BCUT2D eigenvalue weighted by Gasteiger charge is -2.30. The third kappa shape index (κ3) is 4.90. The fraction of sp³-hybridized carbons (Fsp3) is 0.267. The molecule has 0 spiro atoms. The average Bonchev–Trinajstić information content (AvgIpc) is 2.87. The van der Waals surface area contributed by atoms with Gasteiger partial charge in [0.15, 0.2) is 0 Å². The molecule has 0 atom stereocenters. The number of hydrogen-bond acceptors (Lipinski definition) is 5. The Morgan fingerprint density at radius 2 is 1.86 bits per heavy atom. The number of aliphatic hydroxyl groups is 1. The number of nitriles is 1. The van der Waals surface area contributed by atoms with E-state index < -0.39 is 0 Å². The predicted molar refractivity (Wildman–Crippen MR) is 142 cm³/mol. The van der Waals surface area contributed by atoms with Crippen molar-refractivity contribution < 1.29 is 5.11 Å². The van der Waals surface area contributed by atoms with E-state index in [4.69, 9.17) is 0 Å². The Morgan fingerprint density at radius 3 is 2.63 bits per heavy atom. The molecule has 1 fully saturated rings. The number of rotatable bonds is 5. The van der Waals surface area contributed by atoms with Crippen molar-refractivity contribution in [2.75, 3.05) is 18.4 Å². The molecule has 35 heavy (non-hydrogen) atoms. The highest BCUT2D eigenvalue weighted by atomic mass is 16.3. The number of piperidine rings is 1. The number of nitrogens with zero attached hydrogens (tertiary/aromatic N) is 3. The van der Waals surface area contributed by atoms with Crippen LogP contribution in [0.5, 0.6) is 0 Å². The molecular formula is C30H30N4O. The number of nitrogens with one attached hydrogen (secondary N) is 1. The zero-order valence-electron chi connectivity index (χ0n) is 20.3. The Hall–Kier alpha value is -3.72. The zero-order valence-corrected chi connectivity index (χ0v) is 20.3. The van der Waals surface area contributed by atoms with Gasteiger partial charge in [-0.1, -0.05) is 54.1 Å². The normalized spacial score (nSPS) is 14.7. The van der Waals surface area contributed by atoms with Crippen LogP contribution < -0.4 is 5.32 Å². The highest BCUT2D eigenvalue weighted by Crippen LogP contribution is 2.34. The maximum absolute atomic E-state index is 9.85. The second-order valence-electron chi connectivity index (χ2n) is 9.50. The first kappa shape index (κ1) is 23.0. The summed E-state index contributed by atoms with van der Waals surface area (Å²) in [5.74, 6) is 0. The fourth-order valence-electron chi connectivity index (χ4n) is 4.93. The van der Waals surface area contributed by atoms with Crippen LogP contribution in [0, 0.1) is 25.2 Å². The minimum Gasteiger partial charge on any atom is -0.393 e. The maximum Gasteiger partial charge on any atom is 0.103 e. The highest BCUT2D eigenvalue weighted by Gasteiger charge is 2.18. The standard InChI is InChI=1S/C30H30N4O/c1-20-7-10-28(21(2)15-20)33-30-24(17-31)18-32-29-16-22(8-9-27(29)30)26-6-4-3-5-23(26)19-34-13-11-25(35)12-14-34/h3-10,15-16,18,25,35H,11-14,19H2,1-2H3,(H,32,33). The van der Waals surface area contributed by atoms with Gasteiger partial charge in [0.2, 0.25) is 0 Å². The van der Waals surface area contributed by atoms with E-state index in [1.807, 2.05) is 0 Å². The van der Waals surface area contributed by atoms with Crippen LogP contribution in [0.4, 0.5) is 11.4 Å². The number of aryl methyl sites for hydroxylation is 2. The van der Waals surface area contributed by atoms with Crippen LogP contribution >= 0.6 is 0 Å². The van der Waals surface area contributed by atoms with Gasteiger partial charge < -0.3 is 10.4 Å². The van der Waals surface area contributed by atoms with Crippen LogP contribution in [0.2, 0.25) is 0 Å². The summed E-state index contributed by atoms with van der Waals surface area (Å²) >= 11 is 0. The van der Waals surface area contributed by atoms with E-state index in [-0.39, 0.29) is 6.10 Å². The van der Waals surface area contributed by atoms with Crippen molar-refractivity contribution in [3.8, 4) is 17.2 Å². The molecule has 1 aromatic heterocycles. The van der Waals surface area contributed by atoms with Crippen LogP contribution in [-0.4, -0.2) is 34.2 Å². The van der Waals surface area contributed by atoms with Gasteiger partial charge in [0.25, 0.3) is 0 Å². The molecule has 1 aliphatic heterocycles. The molecule has 0 bridgehead atoms. The van der Waals surface area contributed by atoms with Crippen molar-refractivity contribution in [1.82, 2.24) is 9.88 Å². The van der Waals surface area contributed by atoms with Crippen LogP contribution in [0.3, 0.4) is 0 Å². The number of pyridine rings is 1. The molecule has 1 saturated heterocycles. The summed E-state index contributed by atoms with van der Waals surface area (Å²) < 4.78 is 0. The largest absolute Gasteiger partial charge is 0.393 e. The summed E-state index contributed by atoms with van der Waals surface area (Å²) in [6.07, 6.45) is 3.15. The zero-order chi connectivity index (χ0) is 24.4. The van der Waals surface area contributed by atoms with Gasteiger partial charge in [0, 0.05) is 36.9 Å². The third-order valence-corrected chi connectivity index (χ3v) is 6.91. The number of anilines is 2. The minimum absolute atomic E-state index is 0.169. The van der Waals surface area contributed by atoms with Crippen molar-refractivity contribution in [3.63, 3.8) is 0 Å². The molecule has 5 heteroatoms. The predicted octanol–water partition coefficient (Wildman–Crippen LogP) is 6.09. The van der Waals surface area contributed by atoms with Crippen molar-refractivity contribution in [2.24, 2.45) is 0 Å². The topological polar surface area (TPSA) is 72.2 Å². The first-order valence-corrected chi connectivity index (χ1v) is 12.2. The quantitative estimate of drug-likeness (QED) is 0.375. The van der Waals surface area contributed by atoms with Gasteiger partial charge in [-0.05, 0) is 61.1 Å². The van der Waals surface area contributed by atoms with E-state index in [9.17, 15) is 10.4 Å². The van der Waals surface area contributed by atoms with E-state index in [0.717, 1.165) is 65.9 Å². The lowest BCUT2D eigenvalue weighted by Crippen LogP contribution is -2.35. The Morgan fingerprint density at radius 1 is 1.06 bits per heavy atom. The van der Waals surface area contributed by atoms with Crippen molar-refractivity contribution in [2.45, 2.75) is 39.3 Å². The monoisotopic (exact) mass is 462 g/mol. The molecule has 0 aliphatic carbocycles. The summed E-state index contributed by atoms with van der Waals surface area (Å²) in [5.41, 5.74) is 9.06. The molecule has 0 amide bonds. The van der Waals surface area contributed by atoms with Gasteiger partial charge in [-0.15, -0.1) is 0 Å². The van der Waals surface area contributed by atoms with E-state index in [1.54, 1.807) is 6.20 Å². The lowest BCUT2D eigenvalue weighted by atomic mass is 9.96. The Bertz CT molecular complexity index is 1410. The summed E-state index contributed by atoms with van der Waals surface area (Å²) in [6, 6.07) is 23.4. The number of fused-ring (bicyclic) bond motifs is 1. The first-order valence-electron chi connectivity index (χ1n) is 12.2. The molecule has 2 heterocycles. The molecule has 0 saturated carbocycles. The number of benzene rings is 3. The summed E-state index contributed by atoms with van der Waals surface area (Å²) in [6.45, 7) is 6.84. The Kier molecular flexibility index (Phi) is 6.50. The second kappa shape index (κ2) is 9.87. The van der Waals surface area contributed by atoms with Gasteiger partial charge in [0.05, 0.1) is 22.9 Å². The highest BCUT2D eigenvalue weighted by molar-refractivity contribution is 5.98. The van der Waals surface area contributed by atoms with Crippen LogP contribution in [0.25, 0.3) is 22.0 Å². The number of likely N-dealkylation sites (tertiary alicyclic amines) is 1. The number of hydrogen-bond donors (Lipinski definition) is 2. The molecular weight excluding hydrogens is 432 g/mol. The smallest absolute Gasteiger partial charge is 0.103 e. The summed E-state index contributed by atoms with van der Waals surface area (Å²) in [7, 11) is 0. The maximum atomic E-state index is 9.85. The molecule has 176 valence electrons. The Balaban J connectivity index is 1.51. The van der Waals surface area contributed by atoms with Crippen LogP contribution in [-0.2, 0) is 6.54 Å². The van der Waals surface area contributed by atoms with E-state index in [2.05, 4.69) is 95.8 Å². The van der Waals surface area contributed by atoms with E-state index in [0.29, 0.717) is 5.56 Å². The van der Waals surface area contributed by atoms with Crippen LogP contribution in [0.15, 0.2) is 66.9 Å². The molecule has 3 aromatic carbocycles. The molecule has 1 aliphatic rings. The molecule has 5 nitrogen and oxygen atoms in total. The summed E-state index contributed by atoms with van der Waals surface area (Å²) in [5, 5.41) is 24.0. The molecule has 0 unspecified atom stereocenters. The fourth-order valence-corrected chi connectivity index (χ4v) is 4.93. The number of aromatic nitrogens is 1.